The number of anilines is 3. The van der Waals surface area contributed by atoms with E-state index in [4.69, 9.17) is 10.5 Å². The quantitative estimate of drug-likeness (QED) is 0.203. The number of nitrogens with zero attached hydrogens (tertiary/aromatic N) is 3. The molecule has 0 fully saturated rings. The van der Waals surface area contributed by atoms with E-state index in [1.54, 1.807) is 36.4 Å². The molecule has 2 aromatic carbocycles. The highest BCUT2D eigenvalue weighted by molar-refractivity contribution is 7.17. The molecule has 4 aromatic rings. The molecule has 0 saturated heterocycles. The number of hydrogen-bond acceptors (Lipinski definition) is 10. The summed E-state index contributed by atoms with van der Waals surface area (Å²) in [7, 11) is 0. The lowest BCUT2D eigenvalue weighted by atomic mass is 10.2. The largest absolute Gasteiger partial charge is 0.480 e. The Balaban J connectivity index is 1.35. The van der Waals surface area contributed by atoms with Crippen molar-refractivity contribution in [2.75, 3.05) is 17.6 Å². The van der Waals surface area contributed by atoms with Crippen molar-refractivity contribution in [3.8, 4) is 10.7 Å². The van der Waals surface area contributed by atoms with E-state index >= 15 is 0 Å². The zero-order valence-corrected chi connectivity index (χ0v) is 20.6. The minimum Gasteiger partial charge on any atom is -0.480 e. The van der Waals surface area contributed by atoms with Crippen LogP contribution in [0, 0.1) is 0 Å². The number of carboxylic acids is 1. The van der Waals surface area contributed by atoms with E-state index < -0.39 is 24.0 Å². The topological polar surface area (TPSA) is 181 Å². The third-order valence-corrected chi connectivity index (χ3v) is 6.08. The number of carbonyl (C=O) groups is 3. The second kappa shape index (κ2) is 12.3. The fraction of sp³-hybridized carbons (Fsp3) is 0.120. The summed E-state index contributed by atoms with van der Waals surface area (Å²) in [5, 5.41) is 17.2. The minimum absolute atomic E-state index is 0.00218. The summed E-state index contributed by atoms with van der Waals surface area (Å²) in [6.07, 6.45) is -0.916. The molecule has 4 rings (SSSR count). The summed E-state index contributed by atoms with van der Waals surface area (Å²) < 4.78 is 5.05. The van der Waals surface area contributed by atoms with Gasteiger partial charge in [-0.1, -0.05) is 48.5 Å². The van der Waals surface area contributed by atoms with Crippen LogP contribution in [0.25, 0.3) is 10.7 Å². The standard InChI is InChI=1S/C25H23N7O5S/c26-23-30-20(31-24(32-23)28-16-9-5-2-6-10-16)18-11-12-19(38-18)21(33)27-13-17(22(34)35)29-25(36)37-14-15-7-3-1-4-8-15/h1-12,17H,13-14H2,(H,27,33)(H,29,36)(H,34,35)(H3,26,28,30,31,32)/t17-/m0/s1. The fourth-order valence-corrected chi connectivity index (χ4v) is 4.03. The smallest absolute Gasteiger partial charge is 0.408 e. The van der Waals surface area contributed by atoms with E-state index in [1.807, 2.05) is 36.4 Å². The molecule has 38 heavy (non-hydrogen) atoms. The van der Waals surface area contributed by atoms with Crippen LogP contribution in [-0.4, -0.2) is 50.6 Å². The lowest BCUT2D eigenvalue weighted by Gasteiger charge is -2.15. The number of hydrogen-bond donors (Lipinski definition) is 5. The zero-order chi connectivity index (χ0) is 26.9. The molecular weight excluding hydrogens is 510 g/mol. The Morgan fingerprint density at radius 2 is 1.66 bits per heavy atom. The summed E-state index contributed by atoms with van der Waals surface area (Å²) in [5.41, 5.74) is 7.36. The van der Waals surface area contributed by atoms with Crippen LogP contribution in [-0.2, 0) is 16.1 Å². The van der Waals surface area contributed by atoms with Gasteiger partial charge in [-0.05, 0) is 29.8 Å². The second-order valence-electron chi connectivity index (χ2n) is 7.80. The van der Waals surface area contributed by atoms with Gasteiger partial charge in [0.1, 0.15) is 12.6 Å². The van der Waals surface area contributed by atoms with Crippen LogP contribution in [0.15, 0.2) is 72.8 Å². The lowest BCUT2D eigenvalue weighted by Crippen LogP contribution is -2.48. The molecule has 0 saturated carbocycles. The van der Waals surface area contributed by atoms with Crippen LogP contribution in [0.3, 0.4) is 0 Å². The minimum atomic E-state index is -1.39. The average Bonchev–Trinajstić information content (AvgIpc) is 3.41. The molecule has 0 aliphatic rings. The van der Waals surface area contributed by atoms with E-state index in [0.29, 0.717) is 4.88 Å². The van der Waals surface area contributed by atoms with Gasteiger partial charge >= 0.3 is 12.1 Å². The van der Waals surface area contributed by atoms with Gasteiger partial charge in [0, 0.05) is 12.2 Å². The Morgan fingerprint density at radius 3 is 2.37 bits per heavy atom. The molecule has 12 nitrogen and oxygen atoms in total. The number of benzene rings is 2. The first-order valence-electron chi connectivity index (χ1n) is 11.3. The zero-order valence-electron chi connectivity index (χ0n) is 19.8. The van der Waals surface area contributed by atoms with Gasteiger partial charge in [-0.3, -0.25) is 4.79 Å². The molecule has 0 spiro atoms. The summed E-state index contributed by atoms with van der Waals surface area (Å²) in [6.45, 7) is -0.376. The predicted molar refractivity (Wildman–Crippen MR) is 141 cm³/mol. The van der Waals surface area contributed by atoms with Gasteiger partial charge in [0.25, 0.3) is 5.91 Å². The highest BCUT2D eigenvalue weighted by atomic mass is 32.1. The number of para-hydroxylation sites is 1. The fourth-order valence-electron chi connectivity index (χ4n) is 3.18. The van der Waals surface area contributed by atoms with Gasteiger partial charge in [0.15, 0.2) is 5.82 Å². The number of nitrogen functional groups attached to an aromatic ring is 1. The number of aromatic nitrogens is 3. The van der Waals surface area contributed by atoms with Crippen LogP contribution in [0.4, 0.5) is 22.4 Å². The van der Waals surface area contributed by atoms with Gasteiger partial charge in [-0.15, -0.1) is 11.3 Å². The maximum Gasteiger partial charge on any atom is 0.408 e. The Morgan fingerprint density at radius 1 is 0.947 bits per heavy atom. The van der Waals surface area contributed by atoms with Crippen LogP contribution in [0.5, 0.6) is 0 Å². The van der Waals surface area contributed by atoms with Crippen LogP contribution in [0.2, 0.25) is 0 Å². The Hall–Kier alpha value is -5.04. The molecule has 194 valence electrons. The van der Waals surface area contributed by atoms with E-state index in [9.17, 15) is 19.5 Å². The van der Waals surface area contributed by atoms with E-state index in [1.165, 1.54) is 0 Å². The van der Waals surface area contributed by atoms with Crippen molar-refractivity contribution in [3.63, 3.8) is 0 Å². The van der Waals surface area contributed by atoms with Gasteiger partial charge in [0.05, 0.1) is 9.75 Å². The number of nitrogens with two attached hydrogens (primary N) is 1. The summed E-state index contributed by atoms with van der Waals surface area (Å²) >= 11 is 1.09. The first kappa shape index (κ1) is 26.0. The van der Waals surface area contributed by atoms with E-state index in [2.05, 4.69) is 30.9 Å². The first-order chi connectivity index (χ1) is 18.4. The van der Waals surface area contributed by atoms with Crippen LogP contribution >= 0.6 is 11.3 Å². The molecule has 1 atom stereocenters. The van der Waals surface area contributed by atoms with Gasteiger partial charge in [0.2, 0.25) is 11.9 Å². The SMILES string of the molecule is Nc1nc(Nc2ccccc2)nc(-c2ccc(C(=O)NC[C@H](NC(=O)OCc3ccccc3)C(=O)O)s2)n1. The van der Waals surface area contributed by atoms with Crippen molar-refractivity contribution in [2.24, 2.45) is 0 Å². The number of amides is 2. The molecule has 0 unspecified atom stereocenters. The molecule has 0 aliphatic heterocycles. The van der Waals surface area contributed by atoms with Gasteiger partial charge in [-0.2, -0.15) is 15.0 Å². The van der Waals surface area contributed by atoms with Crippen molar-refractivity contribution < 1.29 is 24.2 Å². The molecule has 2 amide bonds. The molecular formula is C25H23N7O5S. The van der Waals surface area contributed by atoms with Crippen molar-refractivity contribution in [2.45, 2.75) is 12.6 Å². The van der Waals surface area contributed by atoms with Crippen molar-refractivity contribution >= 4 is 46.9 Å². The number of carbonyl (C=O) groups excluding carboxylic acids is 2. The number of thiophene rings is 1. The summed E-state index contributed by atoms with van der Waals surface area (Å²) in [4.78, 5) is 49.7. The summed E-state index contributed by atoms with van der Waals surface area (Å²) in [5.74, 6) is -1.34. The van der Waals surface area contributed by atoms with Crippen LogP contribution < -0.4 is 21.7 Å². The number of nitrogens with one attached hydrogen (secondary N) is 3. The number of ether oxygens (including phenoxy) is 1. The van der Waals surface area contributed by atoms with Crippen molar-refractivity contribution in [1.82, 2.24) is 25.6 Å². The normalized spacial score (nSPS) is 11.3. The van der Waals surface area contributed by atoms with Crippen molar-refractivity contribution in [3.05, 3.63) is 83.2 Å². The van der Waals surface area contributed by atoms with Crippen LogP contribution in [0.1, 0.15) is 15.2 Å². The maximum atomic E-state index is 12.7. The molecule has 13 heteroatoms. The van der Waals surface area contributed by atoms with E-state index in [-0.39, 0.29) is 35.7 Å². The molecule has 6 N–H and O–H groups in total. The van der Waals surface area contributed by atoms with Crippen molar-refractivity contribution in [1.29, 1.82) is 0 Å². The maximum absolute atomic E-state index is 12.7. The third kappa shape index (κ3) is 7.24. The Bertz CT molecular complexity index is 1420. The molecule has 0 aliphatic carbocycles. The lowest BCUT2D eigenvalue weighted by molar-refractivity contribution is -0.139. The average molecular weight is 534 g/mol. The Labute approximate surface area is 220 Å². The number of rotatable bonds is 10. The highest BCUT2D eigenvalue weighted by Crippen LogP contribution is 2.27. The third-order valence-electron chi connectivity index (χ3n) is 5.00. The predicted octanol–water partition coefficient (Wildman–Crippen LogP) is 3.04. The molecule has 0 radical (unpaired) electrons. The monoisotopic (exact) mass is 533 g/mol. The molecule has 2 heterocycles. The molecule has 0 bridgehead atoms. The summed E-state index contributed by atoms with van der Waals surface area (Å²) in [6, 6.07) is 20.0. The molecule has 2 aromatic heterocycles. The van der Waals surface area contributed by atoms with E-state index in [0.717, 1.165) is 22.6 Å². The highest BCUT2D eigenvalue weighted by Gasteiger charge is 2.22. The number of alkyl carbamates (subject to hydrolysis) is 1. The van der Waals surface area contributed by atoms with Gasteiger partial charge < -0.3 is 31.5 Å². The number of aliphatic carboxylic acids is 1. The number of carboxylic acid groups (broad SMARTS) is 1. The van der Waals surface area contributed by atoms with Gasteiger partial charge in [-0.25, -0.2) is 9.59 Å². The Kier molecular flexibility index (Phi) is 8.41. The second-order valence-corrected chi connectivity index (χ2v) is 8.89. The first-order valence-corrected chi connectivity index (χ1v) is 12.1.